The molecule has 1 saturated heterocycles. The summed E-state index contributed by atoms with van der Waals surface area (Å²) in [6.45, 7) is 3.87. The van der Waals surface area contributed by atoms with Crippen molar-refractivity contribution in [1.29, 1.82) is 0 Å². The van der Waals surface area contributed by atoms with Crippen molar-refractivity contribution in [3.8, 4) is 5.75 Å². The second-order valence-corrected chi connectivity index (χ2v) is 9.26. The normalized spacial score (nSPS) is 21.0. The van der Waals surface area contributed by atoms with Crippen LogP contribution in [0.1, 0.15) is 36.8 Å². The monoisotopic (exact) mass is 444 g/mol. The van der Waals surface area contributed by atoms with Crippen molar-refractivity contribution in [3.63, 3.8) is 0 Å². The Kier molecular flexibility index (Phi) is 7.13. The number of amides is 1. The van der Waals surface area contributed by atoms with E-state index in [4.69, 9.17) is 16.3 Å². The maximum absolute atomic E-state index is 13.8. The third-order valence-corrected chi connectivity index (χ3v) is 6.72. The minimum atomic E-state index is -0.327. The van der Waals surface area contributed by atoms with Gasteiger partial charge in [-0.05, 0) is 74.0 Å². The van der Waals surface area contributed by atoms with Crippen molar-refractivity contribution in [3.05, 3.63) is 64.4 Å². The minimum Gasteiger partial charge on any atom is -0.490 e. The largest absolute Gasteiger partial charge is 0.490 e. The number of benzene rings is 2. The van der Waals surface area contributed by atoms with E-state index in [1.807, 2.05) is 12.1 Å². The first-order valence-electron chi connectivity index (χ1n) is 11.1. The molecule has 4 rings (SSSR count). The van der Waals surface area contributed by atoms with E-state index in [9.17, 15) is 9.18 Å². The second-order valence-electron chi connectivity index (χ2n) is 8.86. The molecule has 2 aliphatic rings. The Bertz CT molecular complexity index is 910. The lowest BCUT2D eigenvalue weighted by molar-refractivity contribution is -0.130. The number of rotatable bonds is 8. The molecule has 166 valence electrons. The molecule has 1 amide bonds. The van der Waals surface area contributed by atoms with Gasteiger partial charge in [0.25, 0.3) is 0 Å². The third-order valence-electron chi connectivity index (χ3n) is 6.37. The van der Waals surface area contributed by atoms with Crippen molar-refractivity contribution >= 4 is 17.5 Å². The number of carbonyl (C=O) groups excluding carboxylic acids is 1. The Morgan fingerprint density at radius 3 is 2.61 bits per heavy atom. The average molecular weight is 445 g/mol. The Labute approximate surface area is 188 Å². The van der Waals surface area contributed by atoms with Crippen molar-refractivity contribution in [2.24, 2.45) is 5.92 Å². The van der Waals surface area contributed by atoms with Crippen LogP contribution in [-0.4, -0.2) is 48.5 Å². The van der Waals surface area contributed by atoms with Gasteiger partial charge >= 0.3 is 0 Å². The number of halogens is 2. The van der Waals surface area contributed by atoms with E-state index >= 15 is 0 Å². The molecule has 0 aromatic heterocycles. The first-order valence-corrected chi connectivity index (χ1v) is 11.5. The van der Waals surface area contributed by atoms with Crippen LogP contribution in [0, 0.1) is 11.7 Å². The Hall–Kier alpha value is -2.11. The summed E-state index contributed by atoms with van der Waals surface area (Å²) in [5.74, 6) is 0.827. The van der Waals surface area contributed by atoms with Gasteiger partial charge in [-0.25, -0.2) is 4.39 Å². The molecular formula is C25H30ClFN2O2. The van der Waals surface area contributed by atoms with E-state index in [1.54, 1.807) is 30.1 Å². The van der Waals surface area contributed by atoms with Crippen LogP contribution in [0.2, 0.25) is 5.02 Å². The predicted molar refractivity (Wildman–Crippen MR) is 121 cm³/mol. The lowest BCUT2D eigenvalue weighted by Crippen LogP contribution is -2.42. The predicted octanol–water partition coefficient (Wildman–Crippen LogP) is 4.93. The maximum atomic E-state index is 13.8. The molecule has 1 aliphatic carbocycles. The molecule has 4 nitrogen and oxygen atoms in total. The van der Waals surface area contributed by atoms with E-state index in [0.29, 0.717) is 18.0 Å². The summed E-state index contributed by atoms with van der Waals surface area (Å²) in [6, 6.07) is 12.4. The van der Waals surface area contributed by atoms with Crippen LogP contribution < -0.4 is 4.74 Å². The van der Waals surface area contributed by atoms with Crippen LogP contribution in [0.15, 0.2) is 42.5 Å². The van der Waals surface area contributed by atoms with Crippen molar-refractivity contribution < 1.29 is 13.9 Å². The van der Waals surface area contributed by atoms with Gasteiger partial charge in [0.1, 0.15) is 11.6 Å². The molecule has 0 spiro atoms. The van der Waals surface area contributed by atoms with E-state index in [2.05, 4.69) is 11.0 Å². The topological polar surface area (TPSA) is 32.8 Å². The fraction of sp³-hybridized carbons (Fsp3) is 0.480. The molecule has 2 fully saturated rings. The Morgan fingerprint density at radius 1 is 1.16 bits per heavy atom. The van der Waals surface area contributed by atoms with Gasteiger partial charge in [0.15, 0.2) is 0 Å². The number of likely N-dealkylation sites (tertiary alicyclic amines) is 1. The van der Waals surface area contributed by atoms with Crippen LogP contribution >= 0.6 is 11.6 Å². The number of ether oxygens (including phenoxy) is 1. The number of carbonyl (C=O) groups is 1. The lowest BCUT2D eigenvalue weighted by Gasteiger charge is -2.37. The molecular weight excluding hydrogens is 415 g/mol. The molecule has 0 unspecified atom stereocenters. The van der Waals surface area contributed by atoms with Crippen molar-refractivity contribution in [1.82, 2.24) is 9.80 Å². The highest BCUT2D eigenvalue weighted by Crippen LogP contribution is 2.33. The minimum absolute atomic E-state index is 0.0603. The molecule has 2 aromatic carbocycles. The van der Waals surface area contributed by atoms with Crippen LogP contribution in [-0.2, 0) is 17.8 Å². The summed E-state index contributed by atoms with van der Waals surface area (Å²) < 4.78 is 19.9. The first kappa shape index (κ1) is 22.1. The molecule has 1 aliphatic heterocycles. The van der Waals surface area contributed by atoms with Gasteiger partial charge in [-0.1, -0.05) is 35.9 Å². The third kappa shape index (κ3) is 5.78. The smallest absolute Gasteiger partial charge is 0.226 e. The average Bonchev–Trinajstić information content (AvgIpc) is 3.23. The number of hydrogen-bond acceptors (Lipinski definition) is 3. The summed E-state index contributed by atoms with van der Waals surface area (Å²) in [5.41, 5.74) is 1.59. The Morgan fingerprint density at radius 2 is 1.90 bits per heavy atom. The number of likely N-dealkylation sites (N-methyl/N-ethyl adjacent to an activating group) is 1. The van der Waals surface area contributed by atoms with E-state index in [1.165, 1.54) is 18.9 Å². The van der Waals surface area contributed by atoms with Gasteiger partial charge in [0, 0.05) is 25.2 Å². The van der Waals surface area contributed by atoms with E-state index < -0.39 is 0 Å². The molecule has 0 atom stereocenters. The summed E-state index contributed by atoms with van der Waals surface area (Å²) in [4.78, 5) is 16.6. The van der Waals surface area contributed by atoms with Crippen molar-refractivity contribution in [2.45, 2.75) is 44.8 Å². The summed E-state index contributed by atoms with van der Waals surface area (Å²) in [5, 5.41) is 0.763. The number of hydrogen-bond donors (Lipinski definition) is 0. The lowest BCUT2D eigenvalue weighted by atomic mass is 9.82. The fourth-order valence-corrected chi connectivity index (χ4v) is 4.68. The molecule has 2 aromatic rings. The molecule has 1 saturated carbocycles. The van der Waals surface area contributed by atoms with E-state index in [0.717, 1.165) is 48.8 Å². The van der Waals surface area contributed by atoms with E-state index in [-0.39, 0.29) is 24.2 Å². The first-order chi connectivity index (χ1) is 15.0. The highest BCUT2D eigenvalue weighted by molar-refractivity contribution is 6.31. The fourth-order valence-electron chi connectivity index (χ4n) is 4.45. The van der Waals surface area contributed by atoms with Gasteiger partial charge < -0.3 is 9.64 Å². The SMILES string of the molecule is CN(CC1CC(Oc2ccc(CN3CCCC3)c(Cl)c2)C1)C(=O)Cc1ccccc1F. The molecule has 0 N–H and O–H groups in total. The molecule has 1 heterocycles. The number of nitrogens with zero attached hydrogens (tertiary/aromatic N) is 2. The van der Waals surface area contributed by atoms with Gasteiger partial charge in [-0.3, -0.25) is 9.69 Å². The Balaban J connectivity index is 1.21. The van der Waals surface area contributed by atoms with Crippen LogP contribution in [0.3, 0.4) is 0 Å². The van der Waals surface area contributed by atoms with Crippen LogP contribution in [0.25, 0.3) is 0 Å². The summed E-state index contributed by atoms with van der Waals surface area (Å²) >= 11 is 6.48. The maximum Gasteiger partial charge on any atom is 0.226 e. The molecule has 6 heteroatoms. The van der Waals surface area contributed by atoms with Crippen LogP contribution in [0.5, 0.6) is 5.75 Å². The zero-order valence-corrected chi connectivity index (χ0v) is 18.8. The quantitative estimate of drug-likeness (QED) is 0.578. The molecule has 0 radical (unpaired) electrons. The highest BCUT2D eigenvalue weighted by atomic mass is 35.5. The van der Waals surface area contributed by atoms with Crippen LogP contribution in [0.4, 0.5) is 4.39 Å². The zero-order chi connectivity index (χ0) is 21.8. The second kappa shape index (κ2) is 10.0. The zero-order valence-electron chi connectivity index (χ0n) is 18.0. The van der Waals surface area contributed by atoms with Gasteiger partial charge in [-0.2, -0.15) is 0 Å². The summed E-state index contributed by atoms with van der Waals surface area (Å²) in [7, 11) is 1.79. The molecule has 31 heavy (non-hydrogen) atoms. The standard InChI is InChI=1S/C25H30ClFN2O2/c1-28(25(30)14-19-6-2-3-7-24(19)27)16-18-12-22(13-18)31-21-9-8-20(23(26)15-21)17-29-10-4-5-11-29/h2-3,6-9,15,18,22H,4-5,10-14,16-17H2,1H3. The molecule has 0 bridgehead atoms. The van der Waals surface area contributed by atoms with Gasteiger partial charge in [-0.15, -0.1) is 0 Å². The van der Waals surface area contributed by atoms with Gasteiger partial charge in [0.2, 0.25) is 5.91 Å². The van der Waals surface area contributed by atoms with Crippen molar-refractivity contribution in [2.75, 3.05) is 26.7 Å². The highest BCUT2D eigenvalue weighted by Gasteiger charge is 2.32. The van der Waals surface area contributed by atoms with Gasteiger partial charge in [0.05, 0.1) is 12.5 Å². The summed E-state index contributed by atoms with van der Waals surface area (Å²) in [6.07, 6.45) is 4.60.